The van der Waals surface area contributed by atoms with Gasteiger partial charge in [-0.3, -0.25) is 5.32 Å². The number of thiazole rings is 1. The van der Waals surface area contributed by atoms with Crippen LogP contribution in [-0.2, 0) is 4.79 Å². The zero-order chi connectivity index (χ0) is 10.6. The predicted molar refractivity (Wildman–Crippen MR) is 52.0 cm³/mol. The molecular weight excluding hydrogens is 206 g/mol. The lowest BCUT2D eigenvalue weighted by Crippen LogP contribution is -2.18. The molecule has 0 radical (unpaired) electrons. The Morgan fingerprint density at radius 1 is 1.64 bits per heavy atom. The molecule has 0 fully saturated rings. The number of primary amides is 1. The van der Waals surface area contributed by atoms with Gasteiger partial charge in [-0.25, -0.2) is 14.6 Å². The fraction of sp³-hybridized carbons (Fsp3) is 0. The van der Waals surface area contributed by atoms with Crippen LogP contribution in [0.25, 0.3) is 6.08 Å². The van der Waals surface area contributed by atoms with Crippen molar-refractivity contribution in [2.24, 2.45) is 5.73 Å². The molecule has 14 heavy (non-hydrogen) atoms. The SMILES string of the molecule is NC(=O)Nc1ncc(C=CC(=O)O)s1. The van der Waals surface area contributed by atoms with Crippen LogP contribution in [0.4, 0.5) is 9.93 Å². The number of amides is 2. The van der Waals surface area contributed by atoms with Gasteiger partial charge in [-0.05, 0) is 6.08 Å². The molecule has 74 valence electrons. The Labute approximate surface area is 83.1 Å². The van der Waals surface area contributed by atoms with Gasteiger partial charge in [0.05, 0.1) is 0 Å². The molecule has 1 rings (SSSR count). The number of carbonyl (C=O) groups excluding carboxylic acids is 1. The van der Waals surface area contributed by atoms with Gasteiger partial charge in [0, 0.05) is 17.2 Å². The summed E-state index contributed by atoms with van der Waals surface area (Å²) in [5.74, 6) is -1.04. The average Bonchev–Trinajstić information content (AvgIpc) is 2.47. The van der Waals surface area contributed by atoms with Crippen LogP contribution in [0.2, 0.25) is 0 Å². The molecule has 0 atom stereocenters. The number of carbonyl (C=O) groups is 2. The molecule has 7 heteroatoms. The molecule has 0 bridgehead atoms. The van der Waals surface area contributed by atoms with Gasteiger partial charge < -0.3 is 10.8 Å². The number of hydrogen-bond acceptors (Lipinski definition) is 4. The van der Waals surface area contributed by atoms with E-state index in [1.165, 1.54) is 12.3 Å². The van der Waals surface area contributed by atoms with Gasteiger partial charge in [-0.15, -0.1) is 0 Å². The quantitative estimate of drug-likeness (QED) is 0.643. The molecule has 0 aliphatic heterocycles. The van der Waals surface area contributed by atoms with Crippen molar-refractivity contribution in [2.75, 3.05) is 5.32 Å². The van der Waals surface area contributed by atoms with Crippen LogP contribution in [-0.4, -0.2) is 22.1 Å². The number of urea groups is 1. The highest BCUT2D eigenvalue weighted by Gasteiger charge is 2.01. The van der Waals surface area contributed by atoms with Crippen LogP contribution in [0.5, 0.6) is 0 Å². The summed E-state index contributed by atoms with van der Waals surface area (Å²) in [5, 5.41) is 10.9. The minimum absolute atomic E-state index is 0.336. The van der Waals surface area contributed by atoms with Crippen molar-refractivity contribution in [1.82, 2.24) is 4.98 Å². The summed E-state index contributed by atoms with van der Waals surface area (Å²) >= 11 is 1.13. The molecule has 2 amide bonds. The summed E-state index contributed by atoms with van der Waals surface area (Å²) in [7, 11) is 0. The number of nitrogens with one attached hydrogen (secondary N) is 1. The van der Waals surface area contributed by atoms with E-state index in [0.29, 0.717) is 10.0 Å². The molecule has 6 nitrogen and oxygen atoms in total. The lowest BCUT2D eigenvalue weighted by molar-refractivity contribution is -0.131. The van der Waals surface area contributed by atoms with E-state index in [9.17, 15) is 9.59 Å². The summed E-state index contributed by atoms with van der Waals surface area (Å²) < 4.78 is 0. The molecule has 1 heterocycles. The fourth-order valence-corrected chi connectivity index (χ4v) is 1.40. The maximum Gasteiger partial charge on any atom is 0.328 e. The summed E-state index contributed by atoms with van der Waals surface area (Å²) in [5.41, 5.74) is 4.86. The first kappa shape index (κ1) is 10.2. The molecular formula is C7H7N3O3S. The highest BCUT2D eigenvalue weighted by Crippen LogP contribution is 2.18. The molecule has 1 aromatic heterocycles. The van der Waals surface area contributed by atoms with Gasteiger partial charge >= 0.3 is 12.0 Å². The highest BCUT2D eigenvalue weighted by molar-refractivity contribution is 7.16. The lowest BCUT2D eigenvalue weighted by atomic mass is 10.4. The summed E-state index contributed by atoms with van der Waals surface area (Å²) in [6.45, 7) is 0. The number of nitrogens with two attached hydrogens (primary N) is 1. The van der Waals surface area contributed by atoms with Crippen LogP contribution in [0.15, 0.2) is 12.3 Å². The molecule has 0 unspecified atom stereocenters. The number of hydrogen-bond donors (Lipinski definition) is 3. The van der Waals surface area contributed by atoms with Gasteiger partial charge in [0.25, 0.3) is 0 Å². The summed E-state index contributed by atoms with van der Waals surface area (Å²) in [6.07, 6.45) is 3.81. The van der Waals surface area contributed by atoms with Gasteiger partial charge in [0.2, 0.25) is 0 Å². The largest absolute Gasteiger partial charge is 0.478 e. The number of aromatic nitrogens is 1. The smallest absolute Gasteiger partial charge is 0.328 e. The van der Waals surface area contributed by atoms with E-state index in [1.54, 1.807) is 0 Å². The second-order valence-corrected chi connectivity index (χ2v) is 3.29. The Balaban J connectivity index is 2.68. The highest BCUT2D eigenvalue weighted by atomic mass is 32.1. The van der Waals surface area contributed by atoms with Crippen molar-refractivity contribution in [2.45, 2.75) is 0 Å². The number of carboxylic acids is 1. The van der Waals surface area contributed by atoms with Crippen LogP contribution in [0.1, 0.15) is 4.88 Å². The Bertz CT molecular complexity index is 385. The molecule has 0 aliphatic carbocycles. The third-order valence-electron chi connectivity index (χ3n) is 1.14. The number of nitrogens with zero attached hydrogens (tertiary/aromatic N) is 1. The number of rotatable bonds is 3. The molecule has 0 saturated carbocycles. The predicted octanol–water partition coefficient (Wildman–Crippen LogP) is 0.732. The van der Waals surface area contributed by atoms with E-state index in [0.717, 1.165) is 17.4 Å². The van der Waals surface area contributed by atoms with Crippen LogP contribution < -0.4 is 11.1 Å². The number of carboxylic acid groups (broad SMARTS) is 1. The molecule has 0 saturated heterocycles. The van der Waals surface area contributed by atoms with Crippen molar-refractivity contribution >= 4 is 34.5 Å². The van der Waals surface area contributed by atoms with Gasteiger partial charge in [-0.1, -0.05) is 11.3 Å². The lowest BCUT2D eigenvalue weighted by Gasteiger charge is -1.91. The van der Waals surface area contributed by atoms with Crippen molar-refractivity contribution < 1.29 is 14.7 Å². The first-order valence-corrected chi connectivity index (χ1v) is 4.33. The summed E-state index contributed by atoms with van der Waals surface area (Å²) in [6, 6.07) is -0.701. The maximum absolute atomic E-state index is 10.4. The average molecular weight is 213 g/mol. The second kappa shape index (κ2) is 4.38. The van der Waals surface area contributed by atoms with Gasteiger partial charge in [0.15, 0.2) is 5.13 Å². The zero-order valence-electron chi connectivity index (χ0n) is 6.93. The van der Waals surface area contributed by atoms with E-state index in [2.05, 4.69) is 10.3 Å². The van der Waals surface area contributed by atoms with Gasteiger partial charge in [-0.2, -0.15) is 0 Å². The zero-order valence-corrected chi connectivity index (χ0v) is 7.75. The Kier molecular flexibility index (Phi) is 3.19. The Morgan fingerprint density at radius 2 is 2.36 bits per heavy atom. The second-order valence-electron chi connectivity index (χ2n) is 2.23. The van der Waals surface area contributed by atoms with Crippen molar-refractivity contribution in [1.29, 1.82) is 0 Å². The van der Waals surface area contributed by atoms with E-state index < -0.39 is 12.0 Å². The third kappa shape index (κ3) is 3.23. The van der Waals surface area contributed by atoms with Crippen LogP contribution in [0, 0.1) is 0 Å². The van der Waals surface area contributed by atoms with Crippen molar-refractivity contribution in [3.8, 4) is 0 Å². The first-order valence-electron chi connectivity index (χ1n) is 3.51. The van der Waals surface area contributed by atoms with Crippen molar-refractivity contribution in [3.05, 3.63) is 17.2 Å². The molecule has 0 aliphatic rings. The van der Waals surface area contributed by atoms with E-state index in [1.807, 2.05) is 0 Å². The summed E-state index contributed by atoms with van der Waals surface area (Å²) in [4.78, 5) is 25.0. The topological polar surface area (TPSA) is 105 Å². The third-order valence-corrected chi connectivity index (χ3v) is 2.02. The normalized spacial score (nSPS) is 10.3. The molecule has 0 spiro atoms. The van der Waals surface area contributed by atoms with Crippen LogP contribution in [0.3, 0.4) is 0 Å². The Morgan fingerprint density at radius 3 is 2.93 bits per heavy atom. The minimum atomic E-state index is -1.04. The van der Waals surface area contributed by atoms with E-state index >= 15 is 0 Å². The van der Waals surface area contributed by atoms with E-state index in [4.69, 9.17) is 10.8 Å². The monoisotopic (exact) mass is 213 g/mol. The molecule has 1 aromatic rings. The number of aliphatic carboxylic acids is 1. The van der Waals surface area contributed by atoms with Crippen LogP contribution >= 0.6 is 11.3 Å². The number of anilines is 1. The standard InChI is InChI=1S/C7H7N3O3S/c8-6(13)10-7-9-3-4(14-7)1-2-5(11)12/h1-3H,(H,11,12)(H3,8,9,10,13). The van der Waals surface area contributed by atoms with E-state index in [-0.39, 0.29) is 0 Å². The maximum atomic E-state index is 10.4. The Hall–Kier alpha value is -1.89. The fourth-order valence-electron chi connectivity index (χ4n) is 0.680. The van der Waals surface area contributed by atoms with Gasteiger partial charge in [0.1, 0.15) is 0 Å². The minimum Gasteiger partial charge on any atom is -0.478 e. The molecule has 0 aromatic carbocycles. The first-order chi connectivity index (χ1) is 6.58. The molecule has 4 N–H and O–H groups in total. The van der Waals surface area contributed by atoms with Crippen molar-refractivity contribution in [3.63, 3.8) is 0 Å².